The van der Waals surface area contributed by atoms with Crippen molar-refractivity contribution in [1.29, 1.82) is 0 Å². The van der Waals surface area contributed by atoms with Crippen LogP contribution in [0.4, 0.5) is 5.82 Å². The van der Waals surface area contributed by atoms with Crippen LogP contribution in [-0.4, -0.2) is 50.7 Å². The minimum Gasteiger partial charge on any atom is -0.352 e. The van der Waals surface area contributed by atoms with Crippen molar-refractivity contribution in [3.63, 3.8) is 0 Å². The smallest absolute Gasteiger partial charge is 0.255 e. The number of hydrogen-bond acceptors (Lipinski definition) is 3. The van der Waals surface area contributed by atoms with Gasteiger partial charge in [-0.2, -0.15) is 0 Å². The average molecular weight is 249 g/mol. The molecule has 5 heteroatoms. The first-order valence-corrected chi connectivity index (χ1v) is 6.52. The lowest BCUT2D eigenvalue weighted by Gasteiger charge is -2.31. The minimum atomic E-state index is -0.0353. The first-order chi connectivity index (χ1) is 8.72. The quantitative estimate of drug-likeness (QED) is 0.735. The van der Waals surface area contributed by atoms with E-state index >= 15 is 0 Å². The molecule has 0 unspecified atom stereocenters. The highest BCUT2D eigenvalue weighted by Crippen LogP contribution is 2.16. The fourth-order valence-electron chi connectivity index (χ4n) is 2.18. The molecule has 0 atom stereocenters. The number of likely N-dealkylation sites (N-methyl/N-ethyl adjacent to an activating group) is 1. The van der Waals surface area contributed by atoms with Gasteiger partial charge in [0.2, 0.25) is 0 Å². The molecule has 0 radical (unpaired) electrons. The fraction of sp³-hybridized carbons (Fsp3) is 0.538. The summed E-state index contributed by atoms with van der Waals surface area (Å²) in [4.78, 5) is 20.1. The Morgan fingerprint density at radius 2 is 2.22 bits per heavy atom. The van der Waals surface area contributed by atoms with Crippen LogP contribution in [-0.2, 0) is 0 Å². The van der Waals surface area contributed by atoms with Crippen molar-refractivity contribution < 1.29 is 9.69 Å². The standard InChI is InChI=1S/C13H20N4O/c1-3-14-13(18)11-5-4-6-15-12(11)17-9-7-16(2)8-10-17/h4-6H,3,7-10H2,1-2H3,(H,14,18)/p+1. The molecule has 0 spiro atoms. The van der Waals surface area contributed by atoms with Gasteiger partial charge in [-0.05, 0) is 19.1 Å². The Labute approximate surface area is 108 Å². The zero-order valence-corrected chi connectivity index (χ0v) is 11.1. The SMILES string of the molecule is CCNC(=O)c1cccnc1N1CC[NH+](C)CC1. The van der Waals surface area contributed by atoms with Gasteiger partial charge in [-0.15, -0.1) is 0 Å². The summed E-state index contributed by atoms with van der Waals surface area (Å²) in [5, 5.41) is 2.84. The van der Waals surface area contributed by atoms with Crippen LogP contribution in [0.5, 0.6) is 0 Å². The van der Waals surface area contributed by atoms with E-state index in [1.165, 1.54) is 4.90 Å². The molecule has 98 valence electrons. The van der Waals surface area contributed by atoms with E-state index in [9.17, 15) is 4.79 Å². The summed E-state index contributed by atoms with van der Waals surface area (Å²) in [6.45, 7) is 6.65. The van der Waals surface area contributed by atoms with E-state index in [0.717, 1.165) is 32.0 Å². The molecule has 0 aromatic carbocycles. The van der Waals surface area contributed by atoms with E-state index in [1.807, 2.05) is 19.1 Å². The molecule has 1 aromatic heterocycles. The maximum absolute atomic E-state index is 12.0. The summed E-state index contributed by atoms with van der Waals surface area (Å²) >= 11 is 0. The van der Waals surface area contributed by atoms with Crippen molar-refractivity contribution in [3.8, 4) is 0 Å². The molecular formula is C13H21N4O+. The Balaban J connectivity index is 2.19. The first kappa shape index (κ1) is 12.8. The van der Waals surface area contributed by atoms with Crippen molar-refractivity contribution >= 4 is 11.7 Å². The zero-order valence-electron chi connectivity index (χ0n) is 11.1. The molecule has 1 aromatic rings. The van der Waals surface area contributed by atoms with Gasteiger partial charge in [0.1, 0.15) is 5.82 Å². The molecule has 2 rings (SSSR count). The summed E-state index contributed by atoms with van der Waals surface area (Å²) in [5.74, 6) is 0.780. The molecule has 0 bridgehead atoms. The van der Waals surface area contributed by atoms with E-state index < -0.39 is 0 Å². The third-order valence-corrected chi connectivity index (χ3v) is 3.29. The number of hydrogen-bond donors (Lipinski definition) is 2. The number of anilines is 1. The predicted molar refractivity (Wildman–Crippen MR) is 71.1 cm³/mol. The molecule has 2 heterocycles. The van der Waals surface area contributed by atoms with Crippen LogP contribution < -0.4 is 15.1 Å². The van der Waals surface area contributed by atoms with Gasteiger partial charge < -0.3 is 15.1 Å². The van der Waals surface area contributed by atoms with Gasteiger partial charge in [-0.1, -0.05) is 0 Å². The largest absolute Gasteiger partial charge is 0.352 e. The van der Waals surface area contributed by atoms with E-state index in [-0.39, 0.29) is 5.91 Å². The maximum Gasteiger partial charge on any atom is 0.255 e. The highest BCUT2D eigenvalue weighted by Gasteiger charge is 2.22. The number of pyridine rings is 1. The lowest BCUT2D eigenvalue weighted by Crippen LogP contribution is -3.12. The van der Waals surface area contributed by atoms with Gasteiger partial charge >= 0.3 is 0 Å². The van der Waals surface area contributed by atoms with Gasteiger partial charge in [-0.25, -0.2) is 4.98 Å². The monoisotopic (exact) mass is 249 g/mol. The Kier molecular flexibility index (Phi) is 4.15. The Morgan fingerprint density at radius 1 is 1.50 bits per heavy atom. The topological polar surface area (TPSA) is 49.7 Å². The number of nitrogens with one attached hydrogen (secondary N) is 2. The lowest BCUT2D eigenvalue weighted by atomic mass is 10.2. The van der Waals surface area contributed by atoms with Gasteiger partial charge in [0.15, 0.2) is 0 Å². The minimum absolute atomic E-state index is 0.0353. The molecule has 5 nitrogen and oxygen atoms in total. The normalized spacial score (nSPS) is 16.7. The second-order valence-electron chi connectivity index (χ2n) is 4.68. The highest BCUT2D eigenvalue weighted by molar-refractivity contribution is 5.98. The van der Waals surface area contributed by atoms with Crippen LogP contribution in [0.15, 0.2) is 18.3 Å². The number of amides is 1. The number of carbonyl (C=O) groups excluding carboxylic acids is 1. The number of carbonyl (C=O) groups is 1. The average Bonchev–Trinajstić information content (AvgIpc) is 2.40. The van der Waals surface area contributed by atoms with Crippen LogP contribution in [0.3, 0.4) is 0 Å². The summed E-state index contributed by atoms with van der Waals surface area (Å²) in [5.41, 5.74) is 0.680. The fourth-order valence-corrected chi connectivity index (χ4v) is 2.18. The van der Waals surface area contributed by atoms with Crippen LogP contribution in [0, 0.1) is 0 Å². The summed E-state index contributed by atoms with van der Waals surface area (Å²) in [7, 11) is 2.19. The van der Waals surface area contributed by atoms with Crippen molar-refractivity contribution in [1.82, 2.24) is 10.3 Å². The van der Waals surface area contributed by atoms with Gasteiger partial charge in [-0.3, -0.25) is 4.79 Å². The second-order valence-corrected chi connectivity index (χ2v) is 4.68. The molecule has 1 saturated heterocycles. The van der Waals surface area contributed by atoms with E-state index in [2.05, 4.69) is 22.2 Å². The third kappa shape index (κ3) is 2.79. The van der Waals surface area contributed by atoms with E-state index in [0.29, 0.717) is 12.1 Å². The molecule has 18 heavy (non-hydrogen) atoms. The molecule has 2 N–H and O–H groups in total. The molecule has 1 amide bonds. The Bertz CT molecular complexity index is 413. The molecule has 1 aliphatic rings. The summed E-state index contributed by atoms with van der Waals surface area (Å²) in [6, 6.07) is 3.66. The maximum atomic E-state index is 12.0. The number of aromatic nitrogens is 1. The van der Waals surface area contributed by atoms with Crippen molar-refractivity contribution in [2.45, 2.75) is 6.92 Å². The number of rotatable bonds is 3. The molecule has 0 aliphatic carbocycles. The molecular weight excluding hydrogens is 228 g/mol. The Morgan fingerprint density at radius 3 is 2.89 bits per heavy atom. The molecule has 1 fully saturated rings. The number of piperazine rings is 1. The first-order valence-electron chi connectivity index (χ1n) is 6.52. The van der Waals surface area contributed by atoms with E-state index in [1.54, 1.807) is 6.20 Å². The Hall–Kier alpha value is -1.62. The van der Waals surface area contributed by atoms with Crippen molar-refractivity contribution in [2.75, 3.05) is 44.7 Å². The predicted octanol–water partition coefficient (Wildman–Crippen LogP) is -0.834. The van der Waals surface area contributed by atoms with Gasteiger partial charge in [0.05, 0.1) is 38.8 Å². The van der Waals surface area contributed by atoms with Crippen LogP contribution >= 0.6 is 0 Å². The van der Waals surface area contributed by atoms with Crippen LogP contribution in [0.2, 0.25) is 0 Å². The van der Waals surface area contributed by atoms with Crippen LogP contribution in [0.1, 0.15) is 17.3 Å². The van der Waals surface area contributed by atoms with Crippen molar-refractivity contribution in [2.24, 2.45) is 0 Å². The summed E-state index contributed by atoms with van der Waals surface area (Å²) in [6.07, 6.45) is 1.75. The molecule has 1 aliphatic heterocycles. The third-order valence-electron chi connectivity index (χ3n) is 3.29. The number of nitrogens with zero attached hydrogens (tertiary/aromatic N) is 2. The van der Waals surface area contributed by atoms with Crippen LogP contribution in [0.25, 0.3) is 0 Å². The highest BCUT2D eigenvalue weighted by atomic mass is 16.1. The van der Waals surface area contributed by atoms with Gasteiger partial charge in [0, 0.05) is 12.7 Å². The zero-order chi connectivity index (χ0) is 13.0. The molecule has 0 saturated carbocycles. The van der Waals surface area contributed by atoms with Crippen molar-refractivity contribution in [3.05, 3.63) is 23.9 Å². The summed E-state index contributed by atoms with van der Waals surface area (Å²) < 4.78 is 0. The van der Waals surface area contributed by atoms with E-state index in [4.69, 9.17) is 0 Å². The lowest BCUT2D eigenvalue weighted by molar-refractivity contribution is -0.880. The number of quaternary nitrogens is 1. The second kappa shape index (κ2) is 5.82. The van der Waals surface area contributed by atoms with Gasteiger partial charge in [0.25, 0.3) is 5.91 Å².